The van der Waals surface area contributed by atoms with Gasteiger partial charge in [0.15, 0.2) is 0 Å². The van der Waals surface area contributed by atoms with Crippen LogP contribution in [-0.4, -0.2) is 15.9 Å². The van der Waals surface area contributed by atoms with Crippen LogP contribution in [0.15, 0.2) is 12.5 Å². The normalized spacial score (nSPS) is 23.7. The lowest BCUT2D eigenvalue weighted by atomic mass is 9.80. The molecule has 0 aromatic carbocycles. The van der Waals surface area contributed by atoms with Gasteiger partial charge in [0.1, 0.15) is 6.33 Å². The summed E-state index contributed by atoms with van der Waals surface area (Å²) in [6, 6.07) is 0. The van der Waals surface area contributed by atoms with Gasteiger partial charge in [0, 0.05) is 5.92 Å². The predicted molar refractivity (Wildman–Crippen MR) is 71.1 cm³/mol. The summed E-state index contributed by atoms with van der Waals surface area (Å²) >= 11 is 0. The number of nitrogens with one attached hydrogen (secondary N) is 1. The van der Waals surface area contributed by atoms with Gasteiger partial charge >= 0.3 is 0 Å². The highest BCUT2D eigenvalue weighted by molar-refractivity contribution is 5.92. The van der Waals surface area contributed by atoms with Crippen molar-refractivity contribution < 1.29 is 4.79 Å². The molecule has 1 aliphatic carbocycles. The van der Waals surface area contributed by atoms with Crippen molar-refractivity contribution in [3.63, 3.8) is 0 Å². The van der Waals surface area contributed by atoms with Gasteiger partial charge in [-0.25, -0.2) is 9.97 Å². The van der Waals surface area contributed by atoms with E-state index in [9.17, 15) is 4.79 Å². The number of carbonyl (C=O) groups is 1. The van der Waals surface area contributed by atoms with Gasteiger partial charge in [-0.05, 0) is 38.5 Å². The minimum atomic E-state index is 0.127. The Kier molecular flexibility index (Phi) is 4.28. The molecule has 0 atom stereocenters. The molecule has 98 valence electrons. The Morgan fingerprint density at radius 2 is 2.11 bits per heavy atom. The minimum Gasteiger partial charge on any atom is -0.323 e. The second-order valence-electron chi connectivity index (χ2n) is 5.14. The molecule has 1 aliphatic rings. The van der Waals surface area contributed by atoms with Gasteiger partial charge < -0.3 is 5.32 Å². The Balaban J connectivity index is 1.91. The molecule has 1 fully saturated rings. The third-order valence-electron chi connectivity index (χ3n) is 3.96. The van der Waals surface area contributed by atoms with Crippen LogP contribution in [0.1, 0.15) is 44.7 Å². The van der Waals surface area contributed by atoms with Crippen LogP contribution in [0.5, 0.6) is 0 Å². The fourth-order valence-corrected chi connectivity index (χ4v) is 2.58. The van der Waals surface area contributed by atoms with Gasteiger partial charge in [0.25, 0.3) is 0 Å². The van der Waals surface area contributed by atoms with E-state index in [0.717, 1.165) is 30.1 Å². The molecule has 1 saturated carbocycles. The monoisotopic (exact) mass is 247 g/mol. The maximum absolute atomic E-state index is 12.1. The van der Waals surface area contributed by atoms with Crippen molar-refractivity contribution in [2.75, 3.05) is 5.32 Å². The Morgan fingerprint density at radius 3 is 2.72 bits per heavy atom. The molecule has 0 radical (unpaired) electrons. The van der Waals surface area contributed by atoms with Gasteiger partial charge in [-0.3, -0.25) is 4.79 Å². The highest BCUT2D eigenvalue weighted by Crippen LogP contribution is 2.31. The average Bonchev–Trinajstić information content (AvgIpc) is 2.41. The van der Waals surface area contributed by atoms with Crippen molar-refractivity contribution in [3.05, 3.63) is 18.2 Å². The van der Waals surface area contributed by atoms with Crippen LogP contribution in [0.3, 0.4) is 0 Å². The summed E-state index contributed by atoms with van der Waals surface area (Å²) in [4.78, 5) is 20.2. The smallest absolute Gasteiger partial charge is 0.227 e. The van der Waals surface area contributed by atoms with E-state index in [1.165, 1.54) is 25.6 Å². The second kappa shape index (κ2) is 5.94. The number of nitrogens with zero attached hydrogens (tertiary/aromatic N) is 2. The van der Waals surface area contributed by atoms with Gasteiger partial charge in [-0.15, -0.1) is 0 Å². The lowest BCUT2D eigenvalue weighted by Crippen LogP contribution is -2.27. The molecule has 0 unspecified atom stereocenters. The zero-order valence-electron chi connectivity index (χ0n) is 11.1. The van der Waals surface area contributed by atoms with Crippen LogP contribution in [0.25, 0.3) is 0 Å². The number of hydrogen-bond donors (Lipinski definition) is 1. The molecule has 4 heteroatoms. The van der Waals surface area contributed by atoms with E-state index in [1.807, 2.05) is 6.92 Å². The molecule has 1 amide bonds. The first kappa shape index (κ1) is 13.0. The molecule has 1 heterocycles. The highest BCUT2D eigenvalue weighted by Gasteiger charge is 2.25. The van der Waals surface area contributed by atoms with Gasteiger partial charge in [0.05, 0.1) is 17.6 Å². The summed E-state index contributed by atoms with van der Waals surface area (Å²) in [5.74, 6) is 1.10. The third kappa shape index (κ3) is 3.06. The van der Waals surface area contributed by atoms with Crippen LogP contribution in [0, 0.1) is 18.8 Å². The summed E-state index contributed by atoms with van der Waals surface area (Å²) in [5.41, 5.74) is 1.56. The number of rotatable bonds is 3. The number of amides is 1. The SMILES string of the molecule is CCC1CCC(C(=O)Nc2cncnc2C)CC1. The number of aromatic nitrogens is 2. The zero-order chi connectivity index (χ0) is 13.0. The summed E-state index contributed by atoms with van der Waals surface area (Å²) in [7, 11) is 0. The van der Waals surface area contributed by atoms with Gasteiger partial charge in [-0.1, -0.05) is 13.3 Å². The van der Waals surface area contributed by atoms with E-state index in [0.29, 0.717) is 0 Å². The quantitative estimate of drug-likeness (QED) is 0.893. The topological polar surface area (TPSA) is 54.9 Å². The van der Waals surface area contributed by atoms with E-state index < -0.39 is 0 Å². The molecular weight excluding hydrogens is 226 g/mol. The summed E-state index contributed by atoms with van der Waals surface area (Å²) in [6.07, 6.45) is 8.78. The van der Waals surface area contributed by atoms with E-state index in [1.54, 1.807) is 6.20 Å². The van der Waals surface area contributed by atoms with Crippen LogP contribution < -0.4 is 5.32 Å². The first-order valence-corrected chi connectivity index (χ1v) is 6.78. The lowest BCUT2D eigenvalue weighted by molar-refractivity contribution is -0.121. The molecule has 0 spiro atoms. The van der Waals surface area contributed by atoms with Crippen LogP contribution in [-0.2, 0) is 4.79 Å². The number of hydrogen-bond acceptors (Lipinski definition) is 3. The fourth-order valence-electron chi connectivity index (χ4n) is 2.58. The van der Waals surface area contributed by atoms with Crippen molar-refractivity contribution in [2.45, 2.75) is 46.0 Å². The number of carbonyl (C=O) groups excluding carboxylic acids is 1. The standard InChI is InChI=1S/C14H21N3O/c1-3-11-4-6-12(7-5-11)14(18)17-13-8-15-9-16-10(13)2/h8-9,11-12H,3-7H2,1-2H3,(H,17,18). The zero-order valence-corrected chi connectivity index (χ0v) is 11.1. The summed E-state index contributed by atoms with van der Waals surface area (Å²) in [6.45, 7) is 4.11. The molecule has 0 bridgehead atoms. The number of aryl methyl sites for hydroxylation is 1. The predicted octanol–water partition coefficient (Wildman–Crippen LogP) is 2.94. The largest absolute Gasteiger partial charge is 0.323 e. The van der Waals surface area contributed by atoms with E-state index in [2.05, 4.69) is 22.2 Å². The van der Waals surface area contributed by atoms with Gasteiger partial charge in [-0.2, -0.15) is 0 Å². The average molecular weight is 247 g/mol. The molecular formula is C14H21N3O. The summed E-state index contributed by atoms with van der Waals surface area (Å²) in [5, 5.41) is 2.95. The Bertz CT molecular complexity index is 411. The van der Waals surface area contributed by atoms with Crippen molar-refractivity contribution >= 4 is 11.6 Å². The van der Waals surface area contributed by atoms with Crippen molar-refractivity contribution in [1.29, 1.82) is 0 Å². The molecule has 0 saturated heterocycles. The minimum absolute atomic E-state index is 0.127. The molecule has 4 nitrogen and oxygen atoms in total. The second-order valence-corrected chi connectivity index (χ2v) is 5.14. The Hall–Kier alpha value is -1.45. The molecule has 0 aliphatic heterocycles. The van der Waals surface area contributed by atoms with Crippen molar-refractivity contribution in [3.8, 4) is 0 Å². The Morgan fingerprint density at radius 1 is 1.39 bits per heavy atom. The molecule has 2 rings (SSSR count). The highest BCUT2D eigenvalue weighted by atomic mass is 16.1. The molecule has 1 aromatic heterocycles. The number of anilines is 1. The molecule has 1 aromatic rings. The van der Waals surface area contributed by atoms with Crippen molar-refractivity contribution in [2.24, 2.45) is 11.8 Å². The van der Waals surface area contributed by atoms with Crippen LogP contribution in [0.2, 0.25) is 0 Å². The summed E-state index contributed by atoms with van der Waals surface area (Å²) < 4.78 is 0. The molecule has 1 N–H and O–H groups in total. The first-order valence-electron chi connectivity index (χ1n) is 6.78. The maximum atomic E-state index is 12.1. The van der Waals surface area contributed by atoms with E-state index >= 15 is 0 Å². The third-order valence-corrected chi connectivity index (χ3v) is 3.96. The fraction of sp³-hybridized carbons (Fsp3) is 0.643. The maximum Gasteiger partial charge on any atom is 0.227 e. The van der Waals surface area contributed by atoms with E-state index in [-0.39, 0.29) is 11.8 Å². The van der Waals surface area contributed by atoms with E-state index in [4.69, 9.17) is 0 Å². The van der Waals surface area contributed by atoms with Crippen molar-refractivity contribution in [1.82, 2.24) is 9.97 Å². The first-order chi connectivity index (χ1) is 8.70. The van der Waals surface area contributed by atoms with Gasteiger partial charge in [0.2, 0.25) is 5.91 Å². The Labute approximate surface area is 108 Å². The van der Waals surface area contributed by atoms with Crippen LogP contribution >= 0.6 is 0 Å². The lowest BCUT2D eigenvalue weighted by Gasteiger charge is -2.26. The molecule has 18 heavy (non-hydrogen) atoms. The van der Waals surface area contributed by atoms with Crippen LogP contribution in [0.4, 0.5) is 5.69 Å².